The highest BCUT2D eigenvalue weighted by atomic mass is 16.5. The van der Waals surface area contributed by atoms with Crippen LogP contribution in [0.2, 0.25) is 0 Å². The lowest BCUT2D eigenvalue weighted by molar-refractivity contribution is 0.0741. The van der Waals surface area contributed by atoms with Crippen molar-refractivity contribution in [2.75, 3.05) is 7.11 Å². The summed E-state index contributed by atoms with van der Waals surface area (Å²) in [6.45, 7) is 5.88. The Morgan fingerprint density at radius 2 is 2.03 bits per heavy atom. The number of methoxy groups -OCH3 is 1. The molecule has 2 aromatic rings. The first-order valence-corrected chi connectivity index (χ1v) is 10.3. The van der Waals surface area contributed by atoms with Crippen molar-refractivity contribution < 1.29 is 9.53 Å². The van der Waals surface area contributed by atoms with E-state index >= 15 is 0 Å². The van der Waals surface area contributed by atoms with Gasteiger partial charge in [-0.15, -0.1) is 0 Å². The summed E-state index contributed by atoms with van der Waals surface area (Å²) < 4.78 is 7.03. The summed E-state index contributed by atoms with van der Waals surface area (Å²) in [7, 11) is 3.49. The van der Waals surface area contributed by atoms with E-state index in [0.29, 0.717) is 12.0 Å². The van der Waals surface area contributed by atoms with Gasteiger partial charge in [0.15, 0.2) is 0 Å². The molecule has 0 spiro atoms. The first-order chi connectivity index (χ1) is 14.3. The Balaban J connectivity index is 1.85. The molecular formula is C25H29N3O2. The van der Waals surface area contributed by atoms with Gasteiger partial charge in [-0.3, -0.25) is 9.48 Å². The van der Waals surface area contributed by atoms with Crippen molar-refractivity contribution in [3.8, 4) is 11.8 Å². The minimum Gasteiger partial charge on any atom is -0.366 e. The number of nitrogens with one attached hydrogen (secondary N) is 1. The van der Waals surface area contributed by atoms with E-state index in [4.69, 9.17) is 4.74 Å². The minimum absolute atomic E-state index is 0.122. The average Bonchev–Trinajstić information content (AvgIpc) is 3.14. The molecule has 0 unspecified atom stereocenters. The highest BCUT2D eigenvalue weighted by molar-refractivity contribution is 5.97. The van der Waals surface area contributed by atoms with E-state index in [1.807, 2.05) is 46.0 Å². The molecule has 0 radical (unpaired) electrons. The molecule has 30 heavy (non-hydrogen) atoms. The van der Waals surface area contributed by atoms with E-state index in [0.717, 1.165) is 40.9 Å². The molecule has 156 valence electrons. The number of hydrogen-bond acceptors (Lipinski definition) is 3. The molecule has 1 aromatic carbocycles. The normalized spacial score (nSPS) is 13.8. The summed E-state index contributed by atoms with van der Waals surface area (Å²) in [6.07, 6.45) is 8.40. The van der Waals surface area contributed by atoms with Crippen molar-refractivity contribution in [1.82, 2.24) is 15.1 Å². The molecule has 0 saturated heterocycles. The number of nitrogens with zero attached hydrogens (tertiary/aromatic N) is 2. The summed E-state index contributed by atoms with van der Waals surface area (Å²) in [5.74, 6) is 6.17. The van der Waals surface area contributed by atoms with Crippen LogP contribution in [-0.4, -0.2) is 28.4 Å². The van der Waals surface area contributed by atoms with Crippen LogP contribution in [0.15, 0.2) is 48.3 Å². The Bertz CT molecular complexity index is 1040. The van der Waals surface area contributed by atoms with Gasteiger partial charge >= 0.3 is 0 Å². The molecule has 1 aromatic heterocycles. The third-order valence-corrected chi connectivity index (χ3v) is 5.16. The molecule has 5 heteroatoms. The van der Waals surface area contributed by atoms with Gasteiger partial charge in [0.25, 0.3) is 5.91 Å². The van der Waals surface area contributed by atoms with Crippen LogP contribution in [-0.2, 0) is 18.2 Å². The van der Waals surface area contributed by atoms with Gasteiger partial charge in [0, 0.05) is 31.6 Å². The van der Waals surface area contributed by atoms with Crippen LogP contribution < -0.4 is 5.32 Å². The van der Waals surface area contributed by atoms with Gasteiger partial charge in [-0.1, -0.05) is 37.0 Å². The fourth-order valence-electron chi connectivity index (χ4n) is 3.28. The standard InChI is InChI=1S/C25H29N3O2/c1-6-22-21(17-28(4)27-22)24(29)26-23-10-8-7-9-20(23)19-13-11-18(12-14-19)15-16-25(2,3)30-5/h8,10-14,17H,6-7,9H2,1-5H3,(H,26,29). The third kappa shape index (κ3) is 5.08. The summed E-state index contributed by atoms with van der Waals surface area (Å²) in [5.41, 5.74) is 4.95. The molecule has 3 rings (SSSR count). The molecule has 1 aliphatic rings. The number of rotatable bonds is 5. The summed E-state index contributed by atoms with van der Waals surface area (Å²) in [5, 5.41) is 7.47. The monoisotopic (exact) mass is 403 g/mol. The topological polar surface area (TPSA) is 56.2 Å². The van der Waals surface area contributed by atoms with Crippen LogP contribution in [0.4, 0.5) is 0 Å². The second kappa shape index (κ2) is 9.15. The summed E-state index contributed by atoms with van der Waals surface area (Å²) >= 11 is 0. The molecule has 1 heterocycles. The zero-order chi connectivity index (χ0) is 21.7. The maximum Gasteiger partial charge on any atom is 0.259 e. The maximum absolute atomic E-state index is 12.9. The lowest BCUT2D eigenvalue weighted by Crippen LogP contribution is -2.24. The van der Waals surface area contributed by atoms with Gasteiger partial charge in [0.1, 0.15) is 5.60 Å². The van der Waals surface area contributed by atoms with E-state index in [1.54, 1.807) is 18.0 Å². The van der Waals surface area contributed by atoms with Crippen LogP contribution in [0.1, 0.15) is 60.8 Å². The lowest BCUT2D eigenvalue weighted by Gasteiger charge is -2.17. The van der Waals surface area contributed by atoms with Gasteiger partial charge in [-0.25, -0.2) is 0 Å². The Kier molecular flexibility index (Phi) is 6.59. The largest absolute Gasteiger partial charge is 0.366 e. The molecule has 5 nitrogen and oxygen atoms in total. The molecule has 0 fully saturated rings. The number of aromatic nitrogens is 2. The number of amides is 1. The van der Waals surface area contributed by atoms with Crippen molar-refractivity contribution in [1.29, 1.82) is 0 Å². The number of aryl methyl sites for hydroxylation is 2. The van der Waals surface area contributed by atoms with Gasteiger partial charge < -0.3 is 10.1 Å². The number of carbonyl (C=O) groups is 1. The summed E-state index contributed by atoms with van der Waals surface area (Å²) in [4.78, 5) is 12.9. The SMILES string of the molecule is CCc1nn(C)cc1C(=O)NC1=C(c2ccc(C#CC(C)(C)OC)cc2)CCC=C1. The van der Waals surface area contributed by atoms with Crippen molar-refractivity contribution in [3.05, 3.63) is 70.7 Å². The quantitative estimate of drug-likeness (QED) is 0.760. The summed E-state index contributed by atoms with van der Waals surface area (Å²) in [6, 6.07) is 8.14. The van der Waals surface area contributed by atoms with E-state index in [1.165, 1.54) is 0 Å². The van der Waals surface area contributed by atoms with Gasteiger partial charge in [0.2, 0.25) is 0 Å². The first kappa shape index (κ1) is 21.6. The number of hydrogen-bond donors (Lipinski definition) is 1. The second-order valence-electron chi connectivity index (χ2n) is 7.85. The van der Waals surface area contributed by atoms with Crippen LogP contribution >= 0.6 is 0 Å². The molecule has 0 aliphatic heterocycles. The Labute approximate surface area is 178 Å². The van der Waals surface area contributed by atoms with E-state index in [2.05, 4.69) is 40.5 Å². The van der Waals surface area contributed by atoms with Crippen LogP contribution in [0.3, 0.4) is 0 Å². The molecular weight excluding hydrogens is 374 g/mol. The fraction of sp³-hybridized carbons (Fsp3) is 0.360. The van der Waals surface area contributed by atoms with Crippen LogP contribution in [0.25, 0.3) is 5.57 Å². The van der Waals surface area contributed by atoms with Gasteiger partial charge in [-0.2, -0.15) is 5.10 Å². The number of allylic oxidation sites excluding steroid dienone is 3. The lowest BCUT2D eigenvalue weighted by atomic mass is 9.94. The second-order valence-corrected chi connectivity index (χ2v) is 7.85. The van der Waals surface area contributed by atoms with Crippen molar-refractivity contribution >= 4 is 11.5 Å². The van der Waals surface area contributed by atoms with Gasteiger partial charge in [0.05, 0.1) is 11.3 Å². The number of carbonyl (C=O) groups excluding carboxylic acids is 1. The van der Waals surface area contributed by atoms with E-state index < -0.39 is 5.60 Å². The third-order valence-electron chi connectivity index (χ3n) is 5.16. The van der Waals surface area contributed by atoms with Gasteiger partial charge in [-0.05, 0) is 62.5 Å². The average molecular weight is 404 g/mol. The fourth-order valence-corrected chi connectivity index (χ4v) is 3.28. The van der Waals surface area contributed by atoms with E-state index in [-0.39, 0.29) is 5.91 Å². The van der Waals surface area contributed by atoms with E-state index in [9.17, 15) is 4.79 Å². The highest BCUT2D eigenvalue weighted by Crippen LogP contribution is 2.28. The number of benzene rings is 1. The zero-order valence-corrected chi connectivity index (χ0v) is 18.4. The van der Waals surface area contributed by atoms with Crippen LogP contribution in [0.5, 0.6) is 0 Å². The molecule has 0 atom stereocenters. The Morgan fingerprint density at radius 1 is 1.30 bits per heavy atom. The Morgan fingerprint density at radius 3 is 2.70 bits per heavy atom. The highest BCUT2D eigenvalue weighted by Gasteiger charge is 2.18. The maximum atomic E-state index is 12.9. The Hall–Kier alpha value is -3.10. The predicted molar refractivity (Wildman–Crippen MR) is 120 cm³/mol. The van der Waals surface area contributed by atoms with Crippen molar-refractivity contribution in [2.45, 2.75) is 45.6 Å². The first-order valence-electron chi connectivity index (χ1n) is 10.3. The van der Waals surface area contributed by atoms with Crippen molar-refractivity contribution in [3.63, 3.8) is 0 Å². The molecule has 0 saturated carbocycles. The minimum atomic E-state index is -0.476. The van der Waals surface area contributed by atoms with Crippen molar-refractivity contribution in [2.24, 2.45) is 7.05 Å². The molecule has 1 amide bonds. The smallest absolute Gasteiger partial charge is 0.259 e. The molecule has 1 N–H and O–H groups in total. The molecule has 0 bridgehead atoms. The zero-order valence-electron chi connectivity index (χ0n) is 18.4. The number of ether oxygens (including phenoxy) is 1. The van der Waals surface area contributed by atoms with Crippen LogP contribution in [0, 0.1) is 11.8 Å². The molecule has 1 aliphatic carbocycles. The predicted octanol–water partition coefficient (Wildman–Crippen LogP) is 4.25.